The molecule has 0 spiro atoms. The lowest BCUT2D eigenvalue weighted by Crippen LogP contribution is -2.54. The maximum Gasteiger partial charge on any atom is 0.264 e. The number of rotatable bonds is 1. The first-order valence-electron chi connectivity index (χ1n) is 7.56. The predicted molar refractivity (Wildman–Crippen MR) is 79.9 cm³/mol. The third-order valence-electron chi connectivity index (χ3n) is 4.74. The standard InChI is InChI=1S/C16H13N3O5/c17-13-8-5-7(20)3-6(8)4-9-12(13)16(24)19(15(9)23)10-1-2-11(21)18-14(10)22/h4,10H,1-3,5,17H2,(H,18,21,22)/t10-/m0/s1. The molecule has 0 bridgehead atoms. The summed E-state index contributed by atoms with van der Waals surface area (Å²) in [5.41, 5.74) is 7.60. The normalized spacial score (nSPS) is 22.8. The van der Waals surface area contributed by atoms with Crippen molar-refractivity contribution in [2.75, 3.05) is 5.73 Å². The molecule has 1 saturated heterocycles. The van der Waals surface area contributed by atoms with Gasteiger partial charge in [-0.25, -0.2) is 0 Å². The van der Waals surface area contributed by atoms with Crippen molar-refractivity contribution in [3.63, 3.8) is 0 Å². The minimum Gasteiger partial charge on any atom is -0.398 e. The first-order valence-corrected chi connectivity index (χ1v) is 7.56. The quantitative estimate of drug-likeness (QED) is 0.521. The van der Waals surface area contributed by atoms with Gasteiger partial charge in [0.05, 0.1) is 11.1 Å². The van der Waals surface area contributed by atoms with E-state index in [1.165, 1.54) is 6.07 Å². The molecular formula is C16H13N3O5. The largest absolute Gasteiger partial charge is 0.398 e. The van der Waals surface area contributed by atoms with E-state index >= 15 is 0 Å². The van der Waals surface area contributed by atoms with Crippen LogP contribution in [0.3, 0.4) is 0 Å². The smallest absolute Gasteiger partial charge is 0.264 e. The van der Waals surface area contributed by atoms with Crippen molar-refractivity contribution < 1.29 is 24.0 Å². The van der Waals surface area contributed by atoms with Crippen molar-refractivity contribution in [2.45, 2.75) is 31.7 Å². The van der Waals surface area contributed by atoms with Crippen molar-refractivity contribution in [3.8, 4) is 0 Å². The molecule has 2 aliphatic heterocycles. The van der Waals surface area contributed by atoms with Crippen LogP contribution in [0.4, 0.5) is 5.69 Å². The van der Waals surface area contributed by atoms with Crippen LogP contribution in [0.5, 0.6) is 0 Å². The Labute approximate surface area is 136 Å². The number of amides is 4. The van der Waals surface area contributed by atoms with E-state index in [-0.39, 0.29) is 48.3 Å². The molecule has 3 aliphatic rings. The molecule has 2 heterocycles. The number of piperidine rings is 1. The molecule has 1 atom stereocenters. The lowest BCUT2D eigenvalue weighted by Gasteiger charge is -2.27. The number of nitrogen functional groups attached to an aromatic ring is 1. The Morgan fingerprint density at radius 1 is 1.08 bits per heavy atom. The molecule has 0 radical (unpaired) electrons. The number of anilines is 1. The lowest BCUT2D eigenvalue weighted by atomic mass is 9.99. The second-order valence-electron chi connectivity index (χ2n) is 6.19. The third kappa shape index (κ3) is 1.82. The van der Waals surface area contributed by atoms with Gasteiger partial charge in [-0.3, -0.25) is 34.2 Å². The molecule has 8 heteroatoms. The Kier molecular flexibility index (Phi) is 2.87. The van der Waals surface area contributed by atoms with Gasteiger partial charge in [0.15, 0.2) is 0 Å². The fraction of sp³-hybridized carbons (Fsp3) is 0.312. The number of nitrogens with zero attached hydrogens (tertiary/aromatic N) is 1. The number of ketones is 1. The molecule has 4 rings (SSSR count). The number of carbonyl (C=O) groups is 5. The van der Waals surface area contributed by atoms with E-state index < -0.39 is 29.7 Å². The minimum atomic E-state index is -1.02. The van der Waals surface area contributed by atoms with E-state index in [0.29, 0.717) is 11.1 Å². The zero-order chi connectivity index (χ0) is 17.2. The van der Waals surface area contributed by atoms with Crippen molar-refractivity contribution in [1.29, 1.82) is 0 Å². The molecule has 0 aromatic heterocycles. The summed E-state index contributed by atoms with van der Waals surface area (Å²) in [5.74, 6) is -2.36. The maximum absolute atomic E-state index is 12.7. The zero-order valence-electron chi connectivity index (χ0n) is 12.5. The minimum absolute atomic E-state index is 0.0118. The van der Waals surface area contributed by atoms with Gasteiger partial charge in [0.1, 0.15) is 11.8 Å². The van der Waals surface area contributed by atoms with E-state index in [4.69, 9.17) is 5.73 Å². The van der Waals surface area contributed by atoms with Crippen molar-refractivity contribution >= 4 is 35.1 Å². The molecule has 1 aliphatic carbocycles. The highest BCUT2D eigenvalue weighted by molar-refractivity contribution is 6.26. The maximum atomic E-state index is 12.7. The summed E-state index contributed by atoms with van der Waals surface area (Å²) < 4.78 is 0. The Morgan fingerprint density at radius 2 is 1.83 bits per heavy atom. The van der Waals surface area contributed by atoms with Gasteiger partial charge >= 0.3 is 0 Å². The van der Waals surface area contributed by atoms with Gasteiger partial charge < -0.3 is 5.73 Å². The van der Waals surface area contributed by atoms with Crippen molar-refractivity contribution in [2.24, 2.45) is 0 Å². The van der Waals surface area contributed by atoms with E-state index in [1.807, 2.05) is 0 Å². The Bertz CT molecular complexity index is 873. The average Bonchev–Trinajstić information content (AvgIpc) is 3.00. The second kappa shape index (κ2) is 4.73. The van der Waals surface area contributed by atoms with Gasteiger partial charge in [-0.15, -0.1) is 0 Å². The molecule has 4 amide bonds. The monoisotopic (exact) mass is 327 g/mol. The van der Waals surface area contributed by atoms with Gasteiger partial charge in [0.2, 0.25) is 11.8 Å². The lowest BCUT2D eigenvalue weighted by molar-refractivity contribution is -0.136. The summed E-state index contributed by atoms with van der Waals surface area (Å²) in [7, 11) is 0. The first-order chi connectivity index (χ1) is 11.4. The van der Waals surface area contributed by atoms with Crippen LogP contribution in [0.15, 0.2) is 6.07 Å². The highest BCUT2D eigenvalue weighted by Crippen LogP contribution is 2.37. The number of nitrogens with one attached hydrogen (secondary N) is 1. The fourth-order valence-electron chi connectivity index (χ4n) is 3.59. The average molecular weight is 327 g/mol. The van der Waals surface area contributed by atoms with Gasteiger partial charge in [-0.2, -0.15) is 0 Å². The number of Topliss-reactive ketones (excluding diaryl/α,β-unsaturated/α-hetero) is 1. The van der Waals surface area contributed by atoms with Crippen LogP contribution in [-0.4, -0.2) is 40.4 Å². The number of imide groups is 2. The van der Waals surface area contributed by atoms with Crippen LogP contribution in [0, 0.1) is 0 Å². The number of hydrogen-bond donors (Lipinski definition) is 2. The van der Waals surface area contributed by atoms with E-state index in [9.17, 15) is 24.0 Å². The van der Waals surface area contributed by atoms with Crippen molar-refractivity contribution in [3.05, 3.63) is 28.3 Å². The van der Waals surface area contributed by atoms with Gasteiger partial charge in [0.25, 0.3) is 11.8 Å². The fourth-order valence-corrected chi connectivity index (χ4v) is 3.59. The molecule has 0 saturated carbocycles. The Hall–Kier alpha value is -3.03. The van der Waals surface area contributed by atoms with Crippen LogP contribution in [0.1, 0.15) is 44.7 Å². The highest BCUT2D eigenvalue weighted by atomic mass is 16.2. The van der Waals surface area contributed by atoms with Crippen LogP contribution >= 0.6 is 0 Å². The van der Waals surface area contributed by atoms with E-state index in [0.717, 1.165) is 4.90 Å². The van der Waals surface area contributed by atoms with Gasteiger partial charge in [-0.05, 0) is 23.6 Å². The highest BCUT2D eigenvalue weighted by Gasteiger charge is 2.46. The summed E-state index contributed by atoms with van der Waals surface area (Å²) in [6, 6.07) is 0.504. The predicted octanol–water partition coefficient (Wildman–Crippen LogP) is -0.662. The summed E-state index contributed by atoms with van der Waals surface area (Å²) in [4.78, 5) is 61.1. The van der Waals surface area contributed by atoms with Crippen LogP contribution < -0.4 is 11.1 Å². The molecular weight excluding hydrogens is 314 g/mol. The Balaban J connectivity index is 1.77. The Morgan fingerprint density at radius 3 is 2.54 bits per heavy atom. The summed E-state index contributed by atoms with van der Waals surface area (Å²) in [5, 5.41) is 2.14. The molecule has 122 valence electrons. The number of nitrogens with two attached hydrogens (primary N) is 1. The van der Waals surface area contributed by atoms with E-state index in [2.05, 4.69) is 5.32 Å². The molecule has 0 unspecified atom stereocenters. The second-order valence-corrected chi connectivity index (χ2v) is 6.19. The number of hydrogen-bond acceptors (Lipinski definition) is 6. The molecule has 3 N–H and O–H groups in total. The zero-order valence-corrected chi connectivity index (χ0v) is 12.5. The number of fused-ring (bicyclic) bond motifs is 2. The third-order valence-corrected chi connectivity index (χ3v) is 4.74. The van der Waals surface area contributed by atoms with Crippen LogP contribution in [0.25, 0.3) is 0 Å². The molecule has 1 aromatic carbocycles. The van der Waals surface area contributed by atoms with Gasteiger partial charge in [-0.1, -0.05) is 0 Å². The van der Waals surface area contributed by atoms with Crippen molar-refractivity contribution in [1.82, 2.24) is 10.2 Å². The number of carbonyl (C=O) groups excluding carboxylic acids is 5. The summed E-state index contributed by atoms with van der Waals surface area (Å²) in [6.07, 6.45) is 0.486. The molecule has 1 fully saturated rings. The summed E-state index contributed by atoms with van der Waals surface area (Å²) in [6.45, 7) is 0. The first kappa shape index (κ1) is 14.6. The van der Waals surface area contributed by atoms with Gasteiger partial charge in [0, 0.05) is 24.9 Å². The summed E-state index contributed by atoms with van der Waals surface area (Å²) >= 11 is 0. The topological polar surface area (TPSA) is 127 Å². The molecule has 1 aromatic rings. The SMILES string of the molecule is Nc1c2c(cc3c1C(=O)N([C@H]1CCC(=O)NC1=O)C3=O)CC(=O)C2. The molecule has 8 nitrogen and oxygen atoms in total. The van der Waals surface area contributed by atoms with Crippen LogP contribution in [0.2, 0.25) is 0 Å². The number of benzene rings is 1. The van der Waals surface area contributed by atoms with Crippen LogP contribution in [-0.2, 0) is 27.2 Å². The molecule has 24 heavy (non-hydrogen) atoms. The van der Waals surface area contributed by atoms with E-state index in [1.54, 1.807) is 0 Å².